The van der Waals surface area contributed by atoms with Gasteiger partial charge in [-0.2, -0.15) is 0 Å². The van der Waals surface area contributed by atoms with Crippen molar-refractivity contribution >= 4 is 0 Å². The second-order valence-corrected chi connectivity index (χ2v) is 4.12. The van der Waals surface area contributed by atoms with Gasteiger partial charge in [-0.3, -0.25) is 0 Å². The third-order valence-corrected chi connectivity index (χ3v) is 1.61. The summed E-state index contributed by atoms with van der Waals surface area (Å²) in [6.45, 7) is 5.80. The molecule has 68 valence electrons. The summed E-state index contributed by atoms with van der Waals surface area (Å²) in [4.78, 5) is 0. The molecule has 0 heterocycles. The fourth-order valence-corrected chi connectivity index (χ4v) is 0.980. The lowest BCUT2D eigenvalue weighted by atomic mass is 10.3. The first kappa shape index (κ1) is 10.9. The molecule has 0 amide bonds. The van der Waals surface area contributed by atoms with E-state index >= 15 is 0 Å². The fourth-order valence-electron chi connectivity index (χ4n) is 0.980. The van der Waals surface area contributed by atoms with Crippen LogP contribution >= 0.6 is 0 Å². The molecule has 11 heavy (non-hydrogen) atoms. The van der Waals surface area contributed by atoms with Gasteiger partial charge >= 0.3 is 0 Å². The average Bonchev–Trinajstić information content (AvgIpc) is 1.85. The first-order valence-electron chi connectivity index (χ1n) is 4.57. The summed E-state index contributed by atoms with van der Waals surface area (Å²) in [6.07, 6.45) is 2.52. The summed E-state index contributed by atoms with van der Waals surface area (Å²) in [6, 6.07) is 0. The molecular weight excluding hydrogens is 136 g/mol. The summed E-state index contributed by atoms with van der Waals surface area (Å²) in [7, 11) is 6.71. The predicted octanol–water partition coefficient (Wildman–Crippen LogP) is 1.08. The van der Waals surface area contributed by atoms with Crippen LogP contribution in [-0.4, -0.2) is 45.3 Å². The molecule has 0 aromatic heterocycles. The van der Waals surface area contributed by atoms with Crippen LogP contribution in [0, 0.1) is 0 Å². The van der Waals surface area contributed by atoms with Crippen LogP contribution in [0.1, 0.15) is 19.8 Å². The quantitative estimate of drug-likeness (QED) is 0.452. The van der Waals surface area contributed by atoms with E-state index in [0.717, 1.165) is 11.0 Å². The zero-order valence-electron chi connectivity index (χ0n) is 8.48. The highest BCUT2D eigenvalue weighted by Gasteiger charge is 2.04. The van der Waals surface area contributed by atoms with Crippen molar-refractivity contribution in [2.45, 2.75) is 19.8 Å². The Balaban J connectivity index is 3.02. The van der Waals surface area contributed by atoms with Crippen LogP contribution in [0.3, 0.4) is 0 Å². The van der Waals surface area contributed by atoms with E-state index in [1.165, 1.54) is 25.9 Å². The van der Waals surface area contributed by atoms with Crippen molar-refractivity contribution < 1.29 is 4.48 Å². The summed E-state index contributed by atoms with van der Waals surface area (Å²) in [5, 5.41) is 3.40. The van der Waals surface area contributed by atoms with Gasteiger partial charge in [0.1, 0.15) is 0 Å². The van der Waals surface area contributed by atoms with Crippen LogP contribution in [0.15, 0.2) is 0 Å². The number of rotatable bonds is 6. The van der Waals surface area contributed by atoms with E-state index < -0.39 is 0 Å². The molecule has 0 radical (unpaired) electrons. The number of nitrogens with zero attached hydrogens (tertiary/aromatic N) is 1. The maximum absolute atomic E-state index is 3.40. The lowest BCUT2D eigenvalue weighted by Crippen LogP contribution is -2.36. The Labute approximate surface area is 71.2 Å². The van der Waals surface area contributed by atoms with Gasteiger partial charge in [0.05, 0.1) is 27.7 Å². The maximum Gasteiger partial charge on any atom is 0.0792 e. The molecule has 0 atom stereocenters. The van der Waals surface area contributed by atoms with Crippen LogP contribution in [0.25, 0.3) is 0 Å². The summed E-state index contributed by atoms with van der Waals surface area (Å²) in [5.41, 5.74) is 0. The molecule has 0 aromatic carbocycles. The van der Waals surface area contributed by atoms with Gasteiger partial charge in [-0.25, -0.2) is 0 Å². The maximum atomic E-state index is 3.40. The molecule has 0 aliphatic heterocycles. The van der Waals surface area contributed by atoms with Crippen molar-refractivity contribution in [1.29, 1.82) is 0 Å². The Morgan fingerprint density at radius 2 is 1.73 bits per heavy atom. The average molecular weight is 159 g/mol. The third-order valence-electron chi connectivity index (χ3n) is 1.61. The topological polar surface area (TPSA) is 12.0 Å². The largest absolute Gasteiger partial charge is 0.331 e. The highest BCUT2D eigenvalue weighted by atomic mass is 15.3. The SMILES string of the molecule is CCCNCCC[N+](C)(C)C. The van der Waals surface area contributed by atoms with Crippen LogP contribution < -0.4 is 5.32 Å². The Kier molecular flexibility index (Phi) is 5.51. The minimum Gasteiger partial charge on any atom is -0.331 e. The van der Waals surface area contributed by atoms with Crippen LogP contribution in [0.4, 0.5) is 0 Å². The van der Waals surface area contributed by atoms with E-state index in [9.17, 15) is 0 Å². The van der Waals surface area contributed by atoms with Gasteiger partial charge in [-0.05, 0) is 13.0 Å². The third kappa shape index (κ3) is 9.92. The molecule has 0 aromatic rings. The Morgan fingerprint density at radius 3 is 2.18 bits per heavy atom. The molecule has 0 unspecified atom stereocenters. The summed E-state index contributed by atoms with van der Waals surface area (Å²) >= 11 is 0. The lowest BCUT2D eigenvalue weighted by Gasteiger charge is -2.23. The Hall–Kier alpha value is -0.0800. The van der Waals surface area contributed by atoms with Gasteiger partial charge in [0.2, 0.25) is 0 Å². The zero-order valence-corrected chi connectivity index (χ0v) is 8.48. The lowest BCUT2D eigenvalue weighted by molar-refractivity contribution is -0.870. The van der Waals surface area contributed by atoms with Crippen LogP contribution in [-0.2, 0) is 0 Å². The number of quaternary nitrogens is 1. The first-order valence-corrected chi connectivity index (χ1v) is 4.57. The van der Waals surface area contributed by atoms with Gasteiger partial charge < -0.3 is 9.80 Å². The van der Waals surface area contributed by atoms with Gasteiger partial charge in [0, 0.05) is 13.0 Å². The second kappa shape index (κ2) is 5.56. The highest BCUT2D eigenvalue weighted by Crippen LogP contribution is 1.91. The minimum atomic E-state index is 1.08. The number of hydrogen-bond donors (Lipinski definition) is 1. The molecule has 2 nitrogen and oxygen atoms in total. The summed E-state index contributed by atoms with van der Waals surface area (Å²) < 4.78 is 1.08. The molecule has 0 spiro atoms. The zero-order chi connectivity index (χ0) is 8.74. The van der Waals surface area contributed by atoms with Crippen LogP contribution in [0.5, 0.6) is 0 Å². The van der Waals surface area contributed by atoms with Gasteiger partial charge in [-0.15, -0.1) is 0 Å². The van der Waals surface area contributed by atoms with Gasteiger partial charge in [0.25, 0.3) is 0 Å². The smallest absolute Gasteiger partial charge is 0.0792 e. The van der Waals surface area contributed by atoms with Crippen LogP contribution in [0.2, 0.25) is 0 Å². The fraction of sp³-hybridized carbons (Fsp3) is 1.00. The van der Waals surface area contributed by atoms with E-state index in [1.54, 1.807) is 0 Å². The van der Waals surface area contributed by atoms with Crippen molar-refractivity contribution in [2.75, 3.05) is 40.8 Å². The molecule has 0 fully saturated rings. The molecule has 0 saturated heterocycles. The minimum absolute atomic E-state index is 1.08. The van der Waals surface area contributed by atoms with Crippen molar-refractivity contribution in [2.24, 2.45) is 0 Å². The normalized spacial score (nSPS) is 12.0. The van der Waals surface area contributed by atoms with E-state index in [1.807, 2.05) is 0 Å². The number of hydrogen-bond acceptors (Lipinski definition) is 1. The molecule has 0 saturated carbocycles. The Morgan fingerprint density at radius 1 is 1.09 bits per heavy atom. The van der Waals surface area contributed by atoms with Gasteiger partial charge in [-0.1, -0.05) is 6.92 Å². The Bertz CT molecular complexity index is 84.1. The van der Waals surface area contributed by atoms with E-state index in [2.05, 4.69) is 33.4 Å². The highest BCUT2D eigenvalue weighted by molar-refractivity contribution is 4.44. The monoisotopic (exact) mass is 159 g/mol. The molecule has 0 aliphatic carbocycles. The van der Waals surface area contributed by atoms with E-state index in [0.29, 0.717) is 0 Å². The van der Waals surface area contributed by atoms with E-state index in [4.69, 9.17) is 0 Å². The number of nitrogens with one attached hydrogen (secondary N) is 1. The predicted molar refractivity (Wildman–Crippen MR) is 50.7 cm³/mol. The molecular formula is C9H23N2+. The molecule has 0 rings (SSSR count). The van der Waals surface area contributed by atoms with Crippen molar-refractivity contribution in [3.05, 3.63) is 0 Å². The van der Waals surface area contributed by atoms with E-state index in [-0.39, 0.29) is 0 Å². The molecule has 2 heteroatoms. The first-order chi connectivity index (χ1) is 5.06. The van der Waals surface area contributed by atoms with Crippen molar-refractivity contribution in [1.82, 2.24) is 5.32 Å². The second-order valence-electron chi connectivity index (χ2n) is 4.12. The standard InChI is InChI=1S/C9H23N2/c1-5-7-10-8-6-9-11(2,3)4/h10H,5-9H2,1-4H3/q+1. The summed E-state index contributed by atoms with van der Waals surface area (Å²) in [5.74, 6) is 0. The molecule has 0 aliphatic rings. The molecule has 1 N–H and O–H groups in total. The molecule has 0 bridgehead atoms. The van der Waals surface area contributed by atoms with Gasteiger partial charge in [0.15, 0.2) is 0 Å². The van der Waals surface area contributed by atoms with Crippen molar-refractivity contribution in [3.63, 3.8) is 0 Å². The van der Waals surface area contributed by atoms with Crippen molar-refractivity contribution in [3.8, 4) is 0 Å².